The molecule has 0 radical (unpaired) electrons. The van der Waals surface area contributed by atoms with Crippen molar-refractivity contribution in [2.45, 2.75) is 19.2 Å². The van der Waals surface area contributed by atoms with Gasteiger partial charge in [0, 0.05) is 5.02 Å². The highest BCUT2D eigenvalue weighted by atomic mass is 35.5. The molecule has 2 aromatic rings. The first-order valence-corrected chi connectivity index (χ1v) is 6.80. The fourth-order valence-electron chi connectivity index (χ4n) is 1.32. The fraction of sp³-hybridized carbons (Fsp3) is 0.273. The maximum atomic E-state index is 6.03. The van der Waals surface area contributed by atoms with Crippen molar-refractivity contribution in [3.63, 3.8) is 0 Å². The lowest BCUT2D eigenvalue weighted by molar-refractivity contribution is 0.472. The summed E-state index contributed by atoms with van der Waals surface area (Å²) in [5.74, 6) is 1.06. The van der Waals surface area contributed by atoms with Crippen LogP contribution in [-0.2, 0) is 12.3 Å². The molecule has 0 saturated heterocycles. The highest BCUT2D eigenvalue weighted by Gasteiger charge is 2.07. The number of halogens is 2. The Labute approximate surface area is 113 Å². The normalized spacial score (nSPS) is 10.5. The summed E-state index contributed by atoms with van der Waals surface area (Å²) >= 11 is 13.0. The number of benzene rings is 1. The van der Waals surface area contributed by atoms with Crippen LogP contribution in [0.5, 0.6) is 10.9 Å². The lowest BCUT2D eigenvalue weighted by Crippen LogP contribution is -1.87. The molecule has 90 valence electrons. The number of nitrogens with zero attached hydrogens (tertiary/aromatic N) is 2. The lowest BCUT2D eigenvalue weighted by Gasteiger charge is -2.05. The van der Waals surface area contributed by atoms with Crippen molar-refractivity contribution < 1.29 is 4.74 Å². The lowest BCUT2D eigenvalue weighted by atomic mass is 10.2. The van der Waals surface area contributed by atoms with Gasteiger partial charge >= 0.3 is 0 Å². The topological polar surface area (TPSA) is 35.0 Å². The summed E-state index contributed by atoms with van der Waals surface area (Å²) in [5, 5.41) is 9.75. The molecule has 3 nitrogen and oxygen atoms in total. The maximum absolute atomic E-state index is 6.03. The van der Waals surface area contributed by atoms with Gasteiger partial charge in [0.15, 0.2) is 0 Å². The number of alkyl halides is 1. The fourth-order valence-corrected chi connectivity index (χ4v) is 2.35. The maximum Gasteiger partial charge on any atom is 0.299 e. The second-order valence-corrected chi connectivity index (χ2v) is 5.00. The largest absolute Gasteiger partial charge is 0.430 e. The molecule has 1 aromatic carbocycles. The van der Waals surface area contributed by atoms with Crippen molar-refractivity contribution in [2.24, 2.45) is 0 Å². The Hall–Kier alpha value is -0.840. The van der Waals surface area contributed by atoms with Crippen molar-refractivity contribution in [1.82, 2.24) is 10.2 Å². The molecule has 0 unspecified atom stereocenters. The zero-order valence-corrected chi connectivity index (χ0v) is 11.4. The SMILES string of the molecule is CCc1cc(Oc2nnc(CCl)s2)ccc1Cl. The van der Waals surface area contributed by atoms with Crippen molar-refractivity contribution in [3.05, 3.63) is 33.8 Å². The van der Waals surface area contributed by atoms with Gasteiger partial charge < -0.3 is 4.74 Å². The van der Waals surface area contributed by atoms with Crippen LogP contribution in [0.2, 0.25) is 5.02 Å². The molecule has 0 bridgehead atoms. The van der Waals surface area contributed by atoms with Gasteiger partial charge in [0.1, 0.15) is 10.8 Å². The minimum absolute atomic E-state index is 0.349. The summed E-state index contributed by atoms with van der Waals surface area (Å²) in [6.45, 7) is 2.04. The average molecular weight is 289 g/mol. The molecule has 0 fully saturated rings. The van der Waals surface area contributed by atoms with E-state index in [0.29, 0.717) is 16.8 Å². The van der Waals surface area contributed by atoms with E-state index < -0.39 is 0 Å². The Morgan fingerprint density at radius 3 is 2.82 bits per heavy atom. The van der Waals surface area contributed by atoms with Gasteiger partial charge in [0.25, 0.3) is 5.19 Å². The molecule has 0 aliphatic carbocycles. The van der Waals surface area contributed by atoms with Crippen LogP contribution < -0.4 is 4.74 Å². The van der Waals surface area contributed by atoms with Crippen LogP contribution in [-0.4, -0.2) is 10.2 Å². The minimum Gasteiger partial charge on any atom is -0.430 e. The van der Waals surface area contributed by atoms with Crippen molar-refractivity contribution in [3.8, 4) is 10.9 Å². The quantitative estimate of drug-likeness (QED) is 0.788. The number of aryl methyl sites for hydroxylation is 1. The Balaban J connectivity index is 2.18. The van der Waals surface area contributed by atoms with E-state index in [9.17, 15) is 0 Å². The van der Waals surface area contributed by atoms with E-state index >= 15 is 0 Å². The van der Waals surface area contributed by atoms with Crippen LogP contribution in [0, 0.1) is 0 Å². The van der Waals surface area contributed by atoms with E-state index in [-0.39, 0.29) is 0 Å². The van der Waals surface area contributed by atoms with Gasteiger partial charge in [-0.3, -0.25) is 0 Å². The van der Waals surface area contributed by atoms with Crippen LogP contribution in [0.1, 0.15) is 17.5 Å². The van der Waals surface area contributed by atoms with Gasteiger partial charge in [-0.05, 0) is 30.2 Å². The number of ether oxygens (including phenoxy) is 1. The smallest absolute Gasteiger partial charge is 0.299 e. The van der Waals surface area contributed by atoms with Crippen LogP contribution in [0.4, 0.5) is 0 Å². The molecule has 17 heavy (non-hydrogen) atoms. The summed E-state index contributed by atoms with van der Waals surface area (Å²) in [5.41, 5.74) is 1.05. The third kappa shape index (κ3) is 3.09. The van der Waals surface area contributed by atoms with E-state index in [0.717, 1.165) is 22.0 Å². The predicted octanol–water partition coefficient (Wildman–Crippen LogP) is 4.29. The Morgan fingerprint density at radius 2 is 2.18 bits per heavy atom. The first-order valence-electron chi connectivity index (χ1n) is 5.07. The van der Waals surface area contributed by atoms with Gasteiger partial charge in [-0.2, -0.15) is 0 Å². The third-order valence-corrected chi connectivity index (χ3v) is 3.75. The second-order valence-electron chi connectivity index (χ2n) is 3.30. The van der Waals surface area contributed by atoms with Gasteiger partial charge in [-0.1, -0.05) is 35.0 Å². The zero-order chi connectivity index (χ0) is 12.3. The highest BCUT2D eigenvalue weighted by molar-refractivity contribution is 7.13. The molecule has 1 heterocycles. The molecule has 1 aromatic heterocycles. The average Bonchev–Trinajstić information content (AvgIpc) is 2.79. The standard InChI is InChI=1S/C11H10Cl2N2OS/c1-2-7-5-8(3-4-9(7)13)16-11-15-14-10(6-12)17-11/h3-5H,2,6H2,1H3. The summed E-state index contributed by atoms with van der Waals surface area (Å²) in [6.07, 6.45) is 0.860. The molecule has 0 aliphatic heterocycles. The van der Waals surface area contributed by atoms with Crippen molar-refractivity contribution in [1.29, 1.82) is 0 Å². The number of rotatable bonds is 4. The molecule has 0 amide bonds. The van der Waals surface area contributed by atoms with E-state index in [1.54, 1.807) is 0 Å². The van der Waals surface area contributed by atoms with E-state index in [1.165, 1.54) is 11.3 Å². The monoisotopic (exact) mass is 288 g/mol. The third-order valence-electron chi connectivity index (χ3n) is 2.17. The van der Waals surface area contributed by atoms with Gasteiger partial charge in [-0.15, -0.1) is 16.7 Å². The molecule has 0 aliphatic rings. The molecule has 0 spiro atoms. The zero-order valence-electron chi connectivity index (χ0n) is 9.11. The molecule has 0 atom stereocenters. The van der Waals surface area contributed by atoms with Crippen LogP contribution in [0.25, 0.3) is 0 Å². The van der Waals surface area contributed by atoms with Crippen molar-refractivity contribution >= 4 is 34.5 Å². The Morgan fingerprint density at radius 1 is 1.35 bits per heavy atom. The Bertz CT molecular complexity index is 516. The molecule has 2 rings (SSSR count). The number of aromatic nitrogens is 2. The molecule has 0 saturated carbocycles. The van der Waals surface area contributed by atoms with Crippen LogP contribution in [0.15, 0.2) is 18.2 Å². The van der Waals surface area contributed by atoms with E-state index in [1.807, 2.05) is 25.1 Å². The van der Waals surface area contributed by atoms with Gasteiger partial charge in [-0.25, -0.2) is 0 Å². The minimum atomic E-state index is 0.349. The summed E-state index contributed by atoms with van der Waals surface area (Å²) in [4.78, 5) is 0. The predicted molar refractivity (Wildman–Crippen MR) is 70.4 cm³/mol. The first-order chi connectivity index (χ1) is 8.22. The molecular weight excluding hydrogens is 279 g/mol. The first kappa shape index (κ1) is 12.6. The molecule has 0 N–H and O–H groups in total. The number of hydrogen-bond acceptors (Lipinski definition) is 4. The Kier molecular flexibility index (Phi) is 4.20. The van der Waals surface area contributed by atoms with Gasteiger partial charge in [0.2, 0.25) is 0 Å². The van der Waals surface area contributed by atoms with Crippen LogP contribution in [0.3, 0.4) is 0 Å². The van der Waals surface area contributed by atoms with E-state index in [4.69, 9.17) is 27.9 Å². The van der Waals surface area contributed by atoms with Gasteiger partial charge in [0.05, 0.1) is 5.88 Å². The van der Waals surface area contributed by atoms with Crippen LogP contribution >= 0.6 is 34.5 Å². The summed E-state index contributed by atoms with van der Waals surface area (Å²) in [7, 11) is 0. The van der Waals surface area contributed by atoms with E-state index in [2.05, 4.69) is 10.2 Å². The summed E-state index contributed by atoms with van der Waals surface area (Å²) < 4.78 is 5.59. The number of hydrogen-bond donors (Lipinski definition) is 0. The van der Waals surface area contributed by atoms with Crippen molar-refractivity contribution in [2.75, 3.05) is 0 Å². The highest BCUT2D eigenvalue weighted by Crippen LogP contribution is 2.28. The summed E-state index contributed by atoms with van der Waals surface area (Å²) in [6, 6.07) is 5.53. The molecule has 6 heteroatoms. The second kappa shape index (κ2) is 5.67. The molecular formula is C11H10Cl2N2OS.